The third-order valence-electron chi connectivity index (χ3n) is 7.30. The van der Waals surface area contributed by atoms with Crippen LogP contribution in [-0.4, -0.2) is 70.4 Å². The normalized spacial score (nSPS) is 14.5. The summed E-state index contributed by atoms with van der Waals surface area (Å²) >= 11 is 0.996. The van der Waals surface area contributed by atoms with Crippen molar-refractivity contribution >= 4 is 50.8 Å². The van der Waals surface area contributed by atoms with E-state index >= 15 is 0 Å². The topological polar surface area (TPSA) is 158 Å². The van der Waals surface area contributed by atoms with E-state index in [9.17, 15) is 14.0 Å². The number of fused-ring (bicyclic) bond motifs is 1. The molecule has 1 aliphatic heterocycles. The highest BCUT2D eigenvalue weighted by molar-refractivity contribution is 7.17. The van der Waals surface area contributed by atoms with Gasteiger partial charge in [0, 0.05) is 57.4 Å². The van der Waals surface area contributed by atoms with Gasteiger partial charge in [-0.15, -0.1) is 0 Å². The molecule has 0 bridgehead atoms. The smallest absolute Gasteiger partial charge is 0.309 e. The lowest BCUT2D eigenvalue weighted by atomic mass is 10.1. The summed E-state index contributed by atoms with van der Waals surface area (Å²) in [6.45, 7) is 7.72. The van der Waals surface area contributed by atoms with Crippen LogP contribution >= 0.6 is 11.3 Å². The molecule has 1 aromatic carbocycles. The zero-order chi connectivity index (χ0) is 30.5. The third-order valence-corrected chi connectivity index (χ3v) is 8.26. The van der Waals surface area contributed by atoms with Crippen molar-refractivity contribution in [3.05, 3.63) is 57.3 Å². The van der Waals surface area contributed by atoms with Crippen molar-refractivity contribution in [1.82, 2.24) is 19.4 Å². The van der Waals surface area contributed by atoms with Gasteiger partial charge in [-0.3, -0.25) is 19.1 Å². The van der Waals surface area contributed by atoms with Gasteiger partial charge in [0.15, 0.2) is 40.4 Å². The van der Waals surface area contributed by atoms with E-state index in [4.69, 9.17) is 20.6 Å². The number of aromatic nitrogens is 3. The maximum absolute atomic E-state index is 14.7. The summed E-state index contributed by atoms with van der Waals surface area (Å²) in [5, 5.41) is 0. The maximum atomic E-state index is 14.7. The number of piperazine rings is 1. The summed E-state index contributed by atoms with van der Waals surface area (Å²) in [7, 11) is 0. The SMILES string of the molecule is CCCC(=O)COc1cc(N2CCN(CCn3c(=O)sc4c(/N=C(\N)c5ccco5)nc(N)nc43)CC2)c(CC)cc1F. The molecule has 0 atom stereocenters. The van der Waals surface area contributed by atoms with Crippen LogP contribution in [0.5, 0.6) is 5.75 Å². The predicted octanol–water partition coefficient (Wildman–Crippen LogP) is 3.34. The molecule has 43 heavy (non-hydrogen) atoms. The number of Topliss-reactive ketones (excluding diaryl/α,β-unsaturated/α-hetero) is 1. The van der Waals surface area contributed by atoms with Crippen molar-refractivity contribution < 1.29 is 18.3 Å². The lowest BCUT2D eigenvalue weighted by Gasteiger charge is -2.37. The van der Waals surface area contributed by atoms with Crippen molar-refractivity contribution in [2.24, 2.45) is 10.7 Å². The Kier molecular flexibility index (Phi) is 9.36. The number of furan rings is 1. The summed E-state index contributed by atoms with van der Waals surface area (Å²) in [5.74, 6) is 0.292. The quantitative estimate of drug-likeness (QED) is 0.180. The Morgan fingerprint density at radius 1 is 1.19 bits per heavy atom. The molecule has 0 spiro atoms. The number of nitrogen functional groups attached to an aromatic ring is 1. The average molecular weight is 611 g/mol. The third kappa shape index (κ3) is 6.86. The highest BCUT2D eigenvalue weighted by Crippen LogP contribution is 2.31. The van der Waals surface area contributed by atoms with Crippen LogP contribution in [0.25, 0.3) is 10.3 Å². The summed E-state index contributed by atoms with van der Waals surface area (Å²) < 4.78 is 27.6. The van der Waals surface area contributed by atoms with Gasteiger partial charge in [0.05, 0.1) is 6.26 Å². The van der Waals surface area contributed by atoms with Crippen molar-refractivity contribution in [2.45, 2.75) is 39.7 Å². The van der Waals surface area contributed by atoms with E-state index in [1.807, 2.05) is 13.8 Å². The number of hydrogen-bond acceptors (Lipinski definition) is 11. The van der Waals surface area contributed by atoms with E-state index in [0.717, 1.165) is 42.1 Å². The molecule has 4 N–H and O–H groups in total. The Bertz CT molecular complexity index is 1680. The molecule has 12 nitrogen and oxygen atoms in total. The van der Waals surface area contributed by atoms with Crippen LogP contribution in [0, 0.1) is 5.82 Å². The van der Waals surface area contributed by atoms with Crippen LogP contribution in [0.4, 0.5) is 21.8 Å². The molecule has 4 aromatic rings. The molecule has 0 radical (unpaired) electrons. The van der Waals surface area contributed by atoms with Crippen molar-refractivity contribution in [3.8, 4) is 5.75 Å². The molecule has 3 aromatic heterocycles. The lowest BCUT2D eigenvalue weighted by molar-refractivity contribution is -0.121. The van der Waals surface area contributed by atoms with Crippen LogP contribution in [0.15, 0.2) is 44.7 Å². The number of carbonyl (C=O) groups excluding carboxylic acids is 1. The number of aliphatic imine (C=N–C) groups is 1. The van der Waals surface area contributed by atoms with E-state index in [1.165, 1.54) is 12.3 Å². The summed E-state index contributed by atoms with van der Waals surface area (Å²) in [4.78, 5) is 42.1. The van der Waals surface area contributed by atoms with Crippen molar-refractivity contribution in [2.75, 3.05) is 50.0 Å². The Hall–Kier alpha value is -4.30. The van der Waals surface area contributed by atoms with Gasteiger partial charge >= 0.3 is 4.87 Å². The minimum atomic E-state index is -0.459. The van der Waals surface area contributed by atoms with Gasteiger partial charge in [-0.25, -0.2) is 9.38 Å². The van der Waals surface area contributed by atoms with Gasteiger partial charge < -0.3 is 25.5 Å². The maximum Gasteiger partial charge on any atom is 0.309 e. The number of nitrogens with zero attached hydrogens (tertiary/aromatic N) is 6. The number of hydrogen-bond donors (Lipinski definition) is 2. The second kappa shape index (κ2) is 13.3. The number of halogens is 1. The Morgan fingerprint density at radius 2 is 1.98 bits per heavy atom. The molecule has 5 rings (SSSR count). The molecular formula is C29H35FN8O4S. The number of benzene rings is 1. The zero-order valence-electron chi connectivity index (χ0n) is 24.2. The Labute approximate surface area is 251 Å². The second-order valence-electron chi connectivity index (χ2n) is 10.2. The summed E-state index contributed by atoms with van der Waals surface area (Å²) in [6.07, 6.45) is 3.29. The first-order valence-corrected chi connectivity index (χ1v) is 15.1. The van der Waals surface area contributed by atoms with Gasteiger partial charge in [0.2, 0.25) is 5.95 Å². The molecule has 1 saturated heterocycles. The Morgan fingerprint density at radius 3 is 2.67 bits per heavy atom. The van der Waals surface area contributed by atoms with Gasteiger partial charge in [-0.2, -0.15) is 9.97 Å². The molecule has 1 aliphatic rings. The first-order chi connectivity index (χ1) is 20.8. The number of ketones is 1. The first kappa shape index (κ1) is 30.2. The van der Waals surface area contributed by atoms with Gasteiger partial charge in [-0.1, -0.05) is 25.2 Å². The fourth-order valence-corrected chi connectivity index (χ4v) is 5.94. The van der Waals surface area contributed by atoms with Crippen molar-refractivity contribution in [3.63, 3.8) is 0 Å². The molecule has 0 aliphatic carbocycles. The fourth-order valence-electron chi connectivity index (χ4n) is 5.05. The fraction of sp³-hybridized carbons (Fsp3) is 0.414. The predicted molar refractivity (Wildman–Crippen MR) is 165 cm³/mol. The number of ether oxygens (including phenoxy) is 1. The van der Waals surface area contributed by atoms with Gasteiger partial charge in [0.25, 0.3) is 0 Å². The monoisotopic (exact) mass is 610 g/mol. The number of carbonyl (C=O) groups is 1. The van der Waals surface area contributed by atoms with Crippen LogP contribution in [-0.2, 0) is 17.8 Å². The van der Waals surface area contributed by atoms with E-state index in [0.29, 0.717) is 55.1 Å². The van der Waals surface area contributed by atoms with Crippen LogP contribution in [0.2, 0.25) is 0 Å². The van der Waals surface area contributed by atoms with E-state index in [2.05, 4.69) is 24.8 Å². The number of aryl methyl sites for hydroxylation is 1. The minimum absolute atomic E-state index is 0.0113. The van der Waals surface area contributed by atoms with Gasteiger partial charge in [0.1, 0.15) is 11.3 Å². The average Bonchev–Trinajstić information content (AvgIpc) is 3.64. The van der Waals surface area contributed by atoms with Crippen LogP contribution in [0.1, 0.15) is 38.0 Å². The first-order valence-electron chi connectivity index (χ1n) is 14.3. The highest BCUT2D eigenvalue weighted by atomic mass is 32.1. The number of thiazole rings is 1. The largest absolute Gasteiger partial charge is 0.483 e. The molecule has 1 fully saturated rings. The molecule has 0 saturated carbocycles. The zero-order valence-corrected chi connectivity index (χ0v) is 25.0. The summed E-state index contributed by atoms with van der Waals surface area (Å²) in [5.41, 5.74) is 14.2. The molecule has 0 amide bonds. The summed E-state index contributed by atoms with van der Waals surface area (Å²) in [6, 6.07) is 6.59. The number of amidine groups is 1. The van der Waals surface area contributed by atoms with E-state index < -0.39 is 5.82 Å². The van der Waals surface area contributed by atoms with Crippen LogP contribution < -0.4 is 26.0 Å². The number of rotatable bonds is 12. The second-order valence-corrected chi connectivity index (χ2v) is 11.2. The number of anilines is 2. The number of nitrogens with two attached hydrogens (primary N) is 2. The molecule has 228 valence electrons. The molecular weight excluding hydrogens is 575 g/mol. The van der Waals surface area contributed by atoms with E-state index in [-0.39, 0.29) is 40.6 Å². The minimum Gasteiger partial charge on any atom is -0.483 e. The highest BCUT2D eigenvalue weighted by Gasteiger charge is 2.23. The molecule has 4 heterocycles. The van der Waals surface area contributed by atoms with Crippen LogP contribution in [0.3, 0.4) is 0 Å². The Balaban J connectivity index is 1.26. The molecule has 0 unspecified atom stereocenters. The molecule has 14 heteroatoms. The lowest BCUT2D eigenvalue weighted by Crippen LogP contribution is -2.47. The standard InChI is InChI=1S/C29H35FN8O4S/c1-3-6-19(39)17-42-23-16-21(18(4-2)15-20(23)30)37-11-8-36(9-12-37)10-13-38-27-24(43-29(38)40)26(34-28(32)35-27)33-25(31)22-7-5-14-41-22/h5,7,14-16H,3-4,6,8-13,17H2,1-2H3,(H4,31,32,33,34,35). The van der Waals surface area contributed by atoms with Gasteiger partial charge in [-0.05, 0) is 36.6 Å². The van der Waals surface area contributed by atoms with E-state index in [1.54, 1.807) is 22.8 Å². The van der Waals surface area contributed by atoms with Crippen molar-refractivity contribution in [1.29, 1.82) is 0 Å².